The summed E-state index contributed by atoms with van der Waals surface area (Å²) in [5, 5.41) is 0. The van der Waals surface area contributed by atoms with Crippen LogP contribution in [-0.2, 0) is 14.3 Å². The molecule has 0 bridgehead atoms. The number of rotatable bonds is 2. The van der Waals surface area contributed by atoms with Crippen molar-refractivity contribution in [1.82, 2.24) is 4.90 Å². The maximum Gasteiger partial charge on any atom is 0.411 e. The van der Waals surface area contributed by atoms with Crippen LogP contribution in [0.15, 0.2) is 0 Å². The molecule has 0 spiro atoms. The number of hydrogen-bond acceptors (Lipinski definition) is 4. The Kier molecular flexibility index (Phi) is 4.82. The predicted molar refractivity (Wildman–Crippen MR) is 71.7 cm³/mol. The van der Waals surface area contributed by atoms with E-state index in [4.69, 9.17) is 9.47 Å². The fraction of sp³-hybridized carbons (Fsp3) is 0.857. The van der Waals surface area contributed by atoms with E-state index in [-0.39, 0.29) is 11.9 Å². The van der Waals surface area contributed by atoms with Crippen LogP contribution in [0, 0.1) is 11.8 Å². The Morgan fingerprint density at radius 3 is 2.26 bits per heavy atom. The van der Waals surface area contributed by atoms with E-state index >= 15 is 0 Å². The minimum atomic E-state index is -0.562. The van der Waals surface area contributed by atoms with Crippen LogP contribution in [0.1, 0.15) is 41.0 Å². The molecule has 2 atom stereocenters. The first kappa shape index (κ1) is 15.8. The first-order valence-corrected chi connectivity index (χ1v) is 6.75. The number of methoxy groups -OCH3 is 1. The van der Waals surface area contributed by atoms with E-state index in [1.54, 1.807) is 0 Å². The normalized spacial score (nSPS) is 23.6. The zero-order valence-electron chi connectivity index (χ0n) is 12.7. The summed E-state index contributed by atoms with van der Waals surface area (Å²) in [5.74, 6) is 0.0820. The van der Waals surface area contributed by atoms with Gasteiger partial charge in [0.05, 0.1) is 7.11 Å². The van der Waals surface area contributed by atoms with Gasteiger partial charge in [0.1, 0.15) is 11.6 Å². The lowest BCUT2D eigenvalue weighted by atomic mass is 9.89. The van der Waals surface area contributed by atoms with Crippen LogP contribution < -0.4 is 0 Å². The average molecular weight is 271 g/mol. The minimum absolute atomic E-state index is 0.125. The van der Waals surface area contributed by atoms with E-state index < -0.39 is 17.7 Å². The first-order chi connectivity index (χ1) is 8.67. The lowest BCUT2D eigenvalue weighted by molar-refractivity contribution is -0.147. The van der Waals surface area contributed by atoms with Crippen molar-refractivity contribution in [3.63, 3.8) is 0 Å². The number of amides is 1. The molecule has 5 nitrogen and oxygen atoms in total. The Bertz CT molecular complexity index is 346. The molecule has 0 radical (unpaired) electrons. The molecule has 1 amide bonds. The summed E-state index contributed by atoms with van der Waals surface area (Å²) in [6, 6.07) is -0.528. The summed E-state index contributed by atoms with van der Waals surface area (Å²) in [5.41, 5.74) is -0.562. The van der Waals surface area contributed by atoms with Crippen molar-refractivity contribution in [3.05, 3.63) is 0 Å². The molecular formula is C14H25NO4. The van der Waals surface area contributed by atoms with Gasteiger partial charge in [-0.25, -0.2) is 9.59 Å². The Balaban J connectivity index is 2.88. The molecule has 110 valence electrons. The summed E-state index contributed by atoms with van der Waals surface area (Å²) in [6.45, 7) is 10.1. The fourth-order valence-electron chi connectivity index (χ4n) is 2.46. The summed E-state index contributed by atoms with van der Waals surface area (Å²) in [4.78, 5) is 25.6. The molecule has 1 saturated heterocycles. The van der Waals surface area contributed by atoms with Crippen molar-refractivity contribution in [2.24, 2.45) is 11.8 Å². The number of likely N-dealkylation sites (tertiary alicyclic amines) is 1. The third kappa shape index (κ3) is 3.85. The molecule has 0 aromatic heterocycles. The maximum atomic E-state index is 12.2. The highest BCUT2D eigenvalue weighted by molar-refractivity contribution is 5.82. The maximum absolute atomic E-state index is 12.2. The van der Waals surface area contributed by atoms with Gasteiger partial charge in [-0.2, -0.15) is 0 Å². The van der Waals surface area contributed by atoms with E-state index in [9.17, 15) is 9.59 Å². The van der Waals surface area contributed by atoms with Crippen LogP contribution in [0.3, 0.4) is 0 Å². The van der Waals surface area contributed by atoms with Crippen LogP contribution in [0.2, 0.25) is 0 Å². The first-order valence-electron chi connectivity index (χ1n) is 6.75. The molecule has 19 heavy (non-hydrogen) atoms. The molecule has 0 unspecified atom stereocenters. The quantitative estimate of drug-likeness (QED) is 0.724. The van der Waals surface area contributed by atoms with Crippen LogP contribution in [0.25, 0.3) is 0 Å². The third-order valence-corrected chi connectivity index (χ3v) is 3.37. The zero-order chi connectivity index (χ0) is 14.8. The lowest BCUT2D eigenvalue weighted by Crippen LogP contribution is -2.46. The monoisotopic (exact) mass is 271 g/mol. The standard InChI is InChI=1S/C14H25NO4/c1-9(2)10-7-8-15(11(10)12(16)18-6)13(17)19-14(3,4)5/h9-11H,7-8H2,1-6H3/t10-,11+/m0/s1. The number of carbonyl (C=O) groups is 2. The smallest absolute Gasteiger partial charge is 0.411 e. The van der Waals surface area contributed by atoms with Crippen molar-refractivity contribution < 1.29 is 19.1 Å². The second-order valence-electron chi connectivity index (χ2n) is 6.34. The molecule has 0 saturated carbocycles. The van der Waals surface area contributed by atoms with Gasteiger partial charge in [0.15, 0.2) is 0 Å². The summed E-state index contributed by atoms with van der Waals surface area (Å²) >= 11 is 0. The molecule has 1 rings (SSSR count). The van der Waals surface area contributed by atoms with Gasteiger partial charge in [-0.05, 0) is 39.0 Å². The molecule has 1 fully saturated rings. The number of nitrogens with zero attached hydrogens (tertiary/aromatic N) is 1. The highest BCUT2D eigenvalue weighted by Crippen LogP contribution is 2.32. The molecule has 5 heteroatoms. The average Bonchev–Trinajstić information content (AvgIpc) is 2.70. The van der Waals surface area contributed by atoms with Crippen molar-refractivity contribution in [3.8, 4) is 0 Å². The van der Waals surface area contributed by atoms with Gasteiger partial charge in [0.25, 0.3) is 0 Å². The number of esters is 1. The van der Waals surface area contributed by atoms with Gasteiger partial charge < -0.3 is 9.47 Å². The summed E-state index contributed by atoms with van der Waals surface area (Å²) in [6.07, 6.45) is 0.363. The molecule has 0 N–H and O–H groups in total. The Morgan fingerprint density at radius 1 is 1.26 bits per heavy atom. The van der Waals surface area contributed by atoms with Gasteiger partial charge in [0, 0.05) is 6.54 Å². The second-order valence-corrected chi connectivity index (χ2v) is 6.34. The van der Waals surface area contributed by atoms with Crippen LogP contribution in [0.4, 0.5) is 4.79 Å². The topological polar surface area (TPSA) is 55.8 Å². The highest BCUT2D eigenvalue weighted by Gasteiger charge is 2.45. The fourth-order valence-corrected chi connectivity index (χ4v) is 2.46. The lowest BCUT2D eigenvalue weighted by Gasteiger charge is -2.30. The Hall–Kier alpha value is -1.26. The largest absolute Gasteiger partial charge is 0.467 e. The molecule has 0 aliphatic carbocycles. The van der Waals surface area contributed by atoms with Crippen LogP contribution in [0.5, 0.6) is 0 Å². The third-order valence-electron chi connectivity index (χ3n) is 3.37. The van der Waals surface area contributed by atoms with Crippen LogP contribution >= 0.6 is 0 Å². The molecule has 0 aromatic rings. The Morgan fingerprint density at radius 2 is 1.84 bits per heavy atom. The van der Waals surface area contributed by atoms with Crippen molar-refractivity contribution in [2.45, 2.75) is 52.7 Å². The van der Waals surface area contributed by atoms with Crippen LogP contribution in [-0.4, -0.2) is 42.3 Å². The van der Waals surface area contributed by atoms with Crippen molar-refractivity contribution >= 4 is 12.1 Å². The van der Waals surface area contributed by atoms with Gasteiger partial charge in [-0.3, -0.25) is 4.90 Å². The number of hydrogen-bond donors (Lipinski definition) is 0. The summed E-state index contributed by atoms with van der Waals surface area (Å²) in [7, 11) is 1.35. The van der Waals surface area contributed by atoms with Gasteiger partial charge >= 0.3 is 12.1 Å². The molecule has 1 aliphatic heterocycles. The van der Waals surface area contributed by atoms with Crippen molar-refractivity contribution in [1.29, 1.82) is 0 Å². The predicted octanol–water partition coefficient (Wildman–Crippen LogP) is 2.44. The van der Waals surface area contributed by atoms with Crippen molar-refractivity contribution in [2.75, 3.05) is 13.7 Å². The SMILES string of the molecule is COC(=O)[C@H]1[C@H](C(C)C)CCN1C(=O)OC(C)(C)C. The number of ether oxygens (including phenoxy) is 2. The molecular weight excluding hydrogens is 246 g/mol. The zero-order valence-corrected chi connectivity index (χ0v) is 12.7. The van der Waals surface area contributed by atoms with Gasteiger partial charge in [-0.1, -0.05) is 13.8 Å². The van der Waals surface area contributed by atoms with Gasteiger partial charge in [0.2, 0.25) is 0 Å². The molecule has 0 aromatic carbocycles. The highest BCUT2D eigenvalue weighted by atomic mass is 16.6. The van der Waals surface area contributed by atoms with E-state index in [0.717, 1.165) is 6.42 Å². The second kappa shape index (κ2) is 5.80. The minimum Gasteiger partial charge on any atom is -0.467 e. The molecule has 1 heterocycles. The Labute approximate surface area is 115 Å². The van der Waals surface area contributed by atoms with E-state index in [2.05, 4.69) is 13.8 Å². The number of carbonyl (C=O) groups excluding carboxylic acids is 2. The molecule has 1 aliphatic rings. The summed E-state index contributed by atoms with van der Waals surface area (Å²) < 4.78 is 10.2. The van der Waals surface area contributed by atoms with E-state index in [1.165, 1.54) is 12.0 Å². The van der Waals surface area contributed by atoms with E-state index in [0.29, 0.717) is 12.5 Å². The van der Waals surface area contributed by atoms with E-state index in [1.807, 2.05) is 20.8 Å². The van der Waals surface area contributed by atoms with Gasteiger partial charge in [-0.15, -0.1) is 0 Å².